The summed E-state index contributed by atoms with van der Waals surface area (Å²) in [5.74, 6) is 0.365. The van der Waals surface area contributed by atoms with Crippen molar-refractivity contribution in [2.45, 2.75) is 57.0 Å². The molecule has 1 aliphatic heterocycles. The number of nitrogens with one attached hydrogen (secondary N) is 1. The van der Waals surface area contributed by atoms with Gasteiger partial charge in [-0.3, -0.25) is 4.79 Å². The van der Waals surface area contributed by atoms with E-state index in [0.717, 1.165) is 26.1 Å². The molecule has 0 unspecified atom stereocenters. The maximum atomic E-state index is 11.2. The molecule has 1 saturated heterocycles. The zero-order valence-electron chi connectivity index (χ0n) is 10.5. The van der Waals surface area contributed by atoms with E-state index in [4.69, 9.17) is 10.5 Å². The van der Waals surface area contributed by atoms with Crippen LogP contribution in [-0.2, 0) is 9.53 Å². The van der Waals surface area contributed by atoms with Crippen LogP contribution in [-0.4, -0.2) is 31.2 Å². The van der Waals surface area contributed by atoms with Crippen molar-refractivity contribution in [3.63, 3.8) is 0 Å². The fourth-order valence-corrected chi connectivity index (χ4v) is 3.09. The lowest BCUT2D eigenvalue weighted by Crippen LogP contribution is -2.45. The van der Waals surface area contributed by atoms with Gasteiger partial charge in [0.05, 0.1) is 0 Å². The van der Waals surface area contributed by atoms with Crippen LogP contribution in [0.4, 0.5) is 0 Å². The van der Waals surface area contributed by atoms with E-state index >= 15 is 0 Å². The molecule has 17 heavy (non-hydrogen) atoms. The van der Waals surface area contributed by atoms with Gasteiger partial charge in [-0.2, -0.15) is 0 Å². The third kappa shape index (κ3) is 3.96. The normalized spacial score (nSPS) is 24.9. The lowest BCUT2D eigenvalue weighted by Gasteiger charge is -2.32. The maximum absolute atomic E-state index is 11.2. The molecular weight excluding hydrogens is 216 g/mol. The Hall–Kier alpha value is -0.610. The molecule has 1 saturated carbocycles. The molecule has 1 aliphatic carbocycles. The van der Waals surface area contributed by atoms with E-state index < -0.39 is 0 Å². The van der Waals surface area contributed by atoms with Crippen LogP contribution in [0, 0.1) is 5.92 Å². The standard InChI is InChI=1S/C13H24N2O2/c14-13(16)9-12(10-5-7-17-8-6-10)15-11-3-1-2-4-11/h10-12,15H,1-9H2,(H2,14,16)/t12-/m0/s1. The summed E-state index contributed by atoms with van der Waals surface area (Å²) in [6, 6.07) is 0.863. The van der Waals surface area contributed by atoms with Crippen molar-refractivity contribution in [3.8, 4) is 0 Å². The van der Waals surface area contributed by atoms with Crippen LogP contribution in [0.2, 0.25) is 0 Å². The molecule has 0 radical (unpaired) electrons. The molecule has 1 amide bonds. The highest BCUT2D eigenvalue weighted by atomic mass is 16.5. The summed E-state index contributed by atoms with van der Waals surface area (Å²) in [7, 11) is 0. The second kappa shape index (κ2) is 6.36. The van der Waals surface area contributed by atoms with Crippen molar-refractivity contribution in [2.24, 2.45) is 11.7 Å². The Morgan fingerprint density at radius 1 is 1.24 bits per heavy atom. The second-order valence-electron chi connectivity index (χ2n) is 5.37. The highest BCUT2D eigenvalue weighted by molar-refractivity contribution is 5.74. The molecule has 2 aliphatic rings. The monoisotopic (exact) mass is 240 g/mol. The Labute approximate surface area is 103 Å². The van der Waals surface area contributed by atoms with E-state index in [1.807, 2.05) is 0 Å². The number of carbonyl (C=O) groups is 1. The van der Waals surface area contributed by atoms with Crippen LogP contribution in [0.3, 0.4) is 0 Å². The van der Waals surface area contributed by atoms with Crippen molar-refractivity contribution < 1.29 is 9.53 Å². The van der Waals surface area contributed by atoms with E-state index in [-0.39, 0.29) is 11.9 Å². The first kappa shape index (κ1) is 12.8. The highest BCUT2D eigenvalue weighted by Crippen LogP contribution is 2.24. The molecule has 1 heterocycles. The van der Waals surface area contributed by atoms with Gasteiger partial charge >= 0.3 is 0 Å². The number of ether oxygens (including phenoxy) is 1. The van der Waals surface area contributed by atoms with Crippen molar-refractivity contribution in [1.29, 1.82) is 0 Å². The van der Waals surface area contributed by atoms with Gasteiger partial charge in [0.25, 0.3) is 0 Å². The van der Waals surface area contributed by atoms with Crippen LogP contribution >= 0.6 is 0 Å². The number of carbonyl (C=O) groups excluding carboxylic acids is 1. The third-order valence-electron chi connectivity index (χ3n) is 4.06. The lowest BCUT2D eigenvalue weighted by molar-refractivity contribution is -0.119. The van der Waals surface area contributed by atoms with Crippen LogP contribution < -0.4 is 11.1 Å². The molecule has 0 aromatic heterocycles. The summed E-state index contributed by atoms with van der Waals surface area (Å²) < 4.78 is 5.38. The summed E-state index contributed by atoms with van der Waals surface area (Å²) in [5.41, 5.74) is 5.36. The molecule has 0 aromatic carbocycles. The predicted molar refractivity (Wildman–Crippen MR) is 66.5 cm³/mol. The molecule has 4 nitrogen and oxygen atoms in total. The molecule has 0 aromatic rings. The molecule has 2 rings (SSSR count). The van der Waals surface area contributed by atoms with E-state index in [0.29, 0.717) is 18.4 Å². The van der Waals surface area contributed by atoms with Gasteiger partial charge in [-0.1, -0.05) is 12.8 Å². The number of rotatable bonds is 5. The zero-order valence-corrected chi connectivity index (χ0v) is 10.5. The van der Waals surface area contributed by atoms with E-state index in [9.17, 15) is 4.79 Å². The fraction of sp³-hybridized carbons (Fsp3) is 0.923. The van der Waals surface area contributed by atoms with E-state index in [1.165, 1.54) is 25.7 Å². The molecule has 0 bridgehead atoms. The Balaban J connectivity index is 1.88. The molecule has 98 valence electrons. The second-order valence-corrected chi connectivity index (χ2v) is 5.37. The van der Waals surface area contributed by atoms with Crippen LogP contribution in [0.15, 0.2) is 0 Å². The summed E-state index contributed by atoms with van der Waals surface area (Å²) in [5, 5.41) is 3.66. The van der Waals surface area contributed by atoms with Gasteiger partial charge in [0.1, 0.15) is 0 Å². The number of hydrogen-bond acceptors (Lipinski definition) is 3. The summed E-state index contributed by atoms with van der Waals surface area (Å²) >= 11 is 0. The van der Waals surface area contributed by atoms with Crippen molar-refractivity contribution >= 4 is 5.91 Å². The highest BCUT2D eigenvalue weighted by Gasteiger charge is 2.28. The molecule has 0 spiro atoms. The molecule has 2 fully saturated rings. The third-order valence-corrected chi connectivity index (χ3v) is 4.06. The first-order chi connectivity index (χ1) is 8.25. The van der Waals surface area contributed by atoms with Crippen LogP contribution in [0.5, 0.6) is 0 Å². The summed E-state index contributed by atoms with van der Waals surface area (Å²) in [6.07, 6.45) is 7.71. The Kier molecular flexibility index (Phi) is 4.80. The SMILES string of the molecule is NC(=O)C[C@H](NC1CCCC1)C1CCOCC1. The van der Waals surface area contributed by atoms with Crippen LogP contribution in [0.1, 0.15) is 44.9 Å². The maximum Gasteiger partial charge on any atom is 0.218 e. The van der Waals surface area contributed by atoms with Crippen LogP contribution in [0.25, 0.3) is 0 Å². The van der Waals surface area contributed by atoms with Gasteiger partial charge in [0, 0.05) is 31.7 Å². The van der Waals surface area contributed by atoms with Crippen molar-refractivity contribution in [2.75, 3.05) is 13.2 Å². The number of nitrogens with two attached hydrogens (primary N) is 1. The molecular formula is C13H24N2O2. The Morgan fingerprint density at radius 3 is 2.47 bits per heavy atom. The summed E-state index contributed by atoms with van der Waals surface area (Å²) in [4.78, 5) is 11.2. The summed E-state index contributed by atoms with van der Waals surface area (Å²) in [6.45, 7) is 1.65. The van der Waals surface area contributed by atoms with Gasteiger partial charge in [-0.05, 0) is 31.6 Å². The minimum absolute atomic E-state index is 0.188. The first-order valence-electron chi connectivity index (χ1n) is 6.88. The average molecular weight is 240 g/mol. The molecule has 4 heteroatoms. The molecule has 3 N–H and O–H groups in total. The largest absolute Gasteiger partial charge is 0.381 e. The minimum atomic E-state index is -0.188. The van der Waals surface area contributed by atoms with E-state index in [2.05, 4.69) is 5.32 Å². The van der Waals surface area contributed by atoms with Gasteiger partial charge < -0.3 is 15.8 Å². The molecule has 1 atom stereocenters. The predicted octanol–water partition coefficient (Wildman–Crippen LogP) is 1.19. The Bertz CT molecular complexity index is 246. The smallest absolute Gasteiger partial charge is 0.218 e. The van der Waals surface area contributed by atoms with Gasteiger partial charge in [0.2, 0.25) is 5.91 Å². The van der Waals surface area contributed by atoms with Gasteiger partial charge in [-0.15, -0.1) is 0 Å². The van der Waals surface area contributed by atoms with Crippen molar-refractivity contribution in [3.05, 3.63) is 0 Å². The minimum Gasteiger partial charge on any atom is -0.381 e. The number of hydrogen-bond donors (Lipinski definition) is 2. The topological polar surface area (TPSA) is 64.4 Å². The van der Waals surface area contributed by atoms with Gasteiger partial charge in [0.15, 0.2) is 0 Å². The first-order valence-corrected chi connectivity index (χ1v) is 6.88. The van der Waals surface area contributed by atoms with Crippen molar-refractivity contribution in [1.82, 2.24) is 5.32 Å². The zero-order chi connectivity index (χ0) is 12.1. The quantitative estimate of drug-likeness (QED) is 0.758. The lowest BCUT2D eigenvalue weighted by atomic mass is 9.89. The number of amides is 1. The number of primary amides is 1. The average Bonchev–Trinajstić information content (AvgIpc) is 2.82. The van der Waals surface area contributed by atoms with E-state index in [1.54, 1.807) is 0 Å². The Morgan fingerprint density at radius 2 is 1.88 bits per heavy atom. The van der Waals surface area contributed by atoms with Gasteiger partial charge in [-0.25, -0.2) is 0 Å². The fourth-order valence-electron chi connectivity index (χ4n) is 3.09.